The van der Waals surface area contributed by atoms with Crippen LogP contribution in [0.5, 0.6) is 0 Å². The number of nitrogens with one attached hydrogen (secondary N) is 1. The van der Waals surface area contributed by atoms with E-state index in [2.05, 4.69) is 10.3 Å². The fourth-order valence-electron chi connectivity index (χ4n) is 2.96. The minimum atomic E-state index is -0.797. The van der Waals surface area contributed by atoms with Crippen LogP contribution < -0.4 is 5.32 Å². The minimum Gasteiger partial charge on any atom is -0.346 e. The molecule has 2 unspecified atom stereocenters. The monoisotopic (exact) mass is 360 g/mol. The summed E-state index contributed by atoms with van der Waals surface area (Å²) in [6.07, 6.45) is 1.39. The molecule has 136 valence electrons. The van der Waals surface area contributed by atoms with Gasteiger partial charge in [0.15, 0.2) is 6.54 Å². The summed E-state index contributed by atoms with van der Waals surface area (Å²) in [7, 11) is 2.93. The molecule has 1 saturated heterocycles. The van der Waals surface area contributed by atoms with Gasteiger partial charge in [0, 0.05) is 14.1 Å². The molecule has 0 radical (unpaired) electrons. The Labute approximate surface area is 149 Å². The van der Waals surface area contributed by atoms with Crippen molar-refractivity contribution in [3.63, 3.8) is 0 Å². The average Bonchev–Trinajstić information content (AvgIpc) is 3.02. The second kappa shape index (κ2) is 6.66. The molecule has 8 nitrogen and oxygen atoms in total. The van der Waals surface area contributed by atoms with Crippen LogP contribution >= 0.6 is 0 Å². The summed E-state index contributed by atoms with van der Waals surface area (Å²) in [5.41, 5.74) is 0.765. The zero-order chi connectivity index (χ0) is 19.0. The minimum absolute atomic E-state index is 0.0924. The van der Waals surface area contributed by atoms with Crippen LogP contribution in [0.15, 0.2) is 29.3 Å². The maximum absolute atomic E-state index is 13.0. The van der Waals surface area contributed by atoms with Crippen molar-refractivity contribution in [3.8, 4) is 0 Å². The highest BCUT2D eigenvalue weighted by molar-refractivity contribution is 6.21. The SMILES string of the molecule is CC(NC(=O)C[N+]1=CN=C2C1C(=O)N(C)C(=O)N2C)c1ccc(F)cc1. The standard InChI is InChI=1S/C17H18FN5O3/c1-10(11-4-6-12(18)7-5-11)20-13(24)8-23-9-19-15-14(23)16(25)22(3)17(26)21(15)2/h4-7,9-10,14H,8H2,1-3H3/p+1. The van der Waals surface area contributed by atoms with Crippen LogP contribution in [0.4, 0.5) is 9.18 Å². The molecule has 1 N–H and O–H groups in total. The Morgan fingerprint density at radius 3 is 2.58 bits per heavy atom. The van der Waals surface area contributed by atoms with Gasteiger partial charge in [-0.3, -0.25) is 19.4 Å². The van der Waals surface area contributed by atoms with Crippen molar-refractivity contribution in [2.75, 3.05) is 20.6 Å². The van der Waals surface area contributed by atoms with Crippen molar-refractivity contribution in [2.45, 2.75) is 19.0 Å². The van der Waals surface area contributed by atoms with Gasteiger partial charge in [-0.05, 0) is 29.6 Å². The normalized spacial score (nSPS) is 20.5. The van der Waals surface area contributed by atoms with Crippen LogP contribution in [0.25, 0.3) is 0 Å². The Hall–Kier alpha value is -3.10. The Bertz CT molecular complexity index is 833. The summed E-state index contributed by atoms with van der Waals surface area (Å²) in [6.45, 7) is 1.69. The van der Waals surface area contributed by atoms with E-state index < -0.39 is 18.0 Å². The largest absolute Gasteiger partial charge is 0.346 e. The van der Waals surface area contributed by atoms with E-state index in [1.54, 1.807) is 19.1 Å². The maximum Gasteiger partial charge on any atom is 0.333 e. The van der Waals surface area contributed by atoms with E-state index in [0.29, 0.717) is 5.84 Å². The van der Waals surface area contributed by atoms with Gasteiger partial charge in [-0.15, -0.1) is 0 Å². The first kappa shape index (κ1) is 17.7. The lowest BCUT2D eigenvalue weighted by Gasteiger charge is -2.30. The van der Waals surface area contributed by atoms with Gasteiger partial charge >= 0.3 is 6.03 Å². The fraction of sp³-hybridized carbons (Fsp3) is 0.353. The Balaban J connectivity index is 1.66. The molecule has 3 rings (SSSR count). The maximum atomic E-state index is 13.0. The zero-order valence-electron chi connectivity index (χ0n) is 14.6. The van der Waals surface area contributed by atoms with Gasteiger partial charge in [0.25, 0.3) is 30.0 Å². The molecular formula is C17H19FN5O3+. The van der Waals surface area contributed by atoms with Crippen molar-refractivity contribution in [3.05, 3.63) is 35.6 Å². The lowest BCUT2D eigenvalue weighted by atomic mass is 10.1. The second-order valence-corrected chi connectivity index (χ2v) is 6.26. The summed E-state index contributed by atoms with van der Waals surface area (Å²) in [4.78, 5) is 43.1. The molecule has 2 aliphatic heterocycles. The number of fused-ring (bicyclic) bond motifs is 1. The number of likely N-dealkylation sites (N-methyl/N-ethyl adjacent to an activating group) is 2. The van der Waals surface area contributed by atoms with Gasteiger partial charge in [-0.2, -0.15) is 0 Å². The molecule has 0 spiro atoms. The predicted molar refractivity (Wildman–Crippen MR) is 91.3 cm³/mol. The molecule has 1 fully saturated rings. The first-order valence-electron chi connectivity index (χ1n) is 8.06. The highest BCUT2D eigenvalue weighted by Gasteiger charge is 2.50. The van der Waals surface area contributed by atoms with Gasteiger partial charge in [0.05, 0.1) is 6.04 Å². The van der Waals surface area contributed by atoms with Gasteiger partial charge in [0.1, 0.15) is 5.82 Å². The molecule has 2 aliphatic rings. The molecule has 9 heteroatoms. The van der Waals surface area contributed by atoms with Gasteiger partial charge < -0.3 is 5.32 Å². The number of hydrogen-bond donors (Lipinski definition) is 1. The van der Waals surface area contributed by atoms with Crippen molar-refractivity contribution in [1.29, 1.82) is 0 Å². The number of hydrogen-bond acceptors (Lipinski definition) is 4. The summed E-state index contributed by atoms with van der Waals surface area (Å²) in [5.74, 6) is -0.788. The quantitative estimate of drug-likeness (QED) is 0.786. The van der Waals surface area contributed by atoms with E-state index in [4.69, 9.17) is 0 Å². The predicted octanol–water partition coefficient (Wildman–Crippen LogP) is 0.348. The van der Waals surface area contributed by atoms with Crippen molar-refractivity contribution in [1.82, 2.24) is 15.1 Å². The molecular weight excluding hydrogens is 341 g/mol. The molecule has 26 heavy (non-hydrogen) atoms. The molecule has 4 amide bonds. The summed E-state index contributed by atoms with van der Waals surface area (Å²) in [6, 6.07) is 4.28. The van der Waals surface area contributed by atoms with Gasteiger partial charge in [-0.1, -0.05) is 12.1 Å². The number of halogens is 1. The van der Waals surface area contributed by atoms with E-state index >= 15 is 0 Å². The van der Waals surface area contributed by atoms with Crippen molar-refractivity contribution in [2.24, 2.45) is 4.99 Å². The van der Waals surface area contributed by atoms with E-state index in [9.17, 15) is 18.8 Å². The fourth-order valence-corrected chi connectivity index (χ4v) is 2.96. The average molecular weight is 360 g/mol. The van der Waals surface area contributed by atoms with E-state index in [-0.39, 0.29) is 24.3 Å². The Morgan fingerprint density at radius 2 is 1.92 bits per heavy atom. The molecule has 1 aromatic carbocycles. The number of amides is 4. The number of urea groups is 1. The number of aliphatic imine (C=N–C) groups is 1. The first-order valence-corrected chi connectivity index (χ1v) is 8.06. The number of rotatable bonds is 4. The van der Waals surface area contributed by atoms with E-state index in [1.807, 2.05) is 0 Å². The van der Waals surface area contributed by atoms with Gasteiger partial charge in [0.2, 0.25) is 0 Å². The molecule has 2 atom stereocenters. The van der Waals surface area contributed by atoms with Crippen LogP contribution in [0, 0.1) is 5.82 Å². The van der Waals surface area contributed by atoms with Crippen LogP contribution in [-0.2, 0) is 9.59 Å². The second-order valence-electron chi connectivity index (χ2n) is 6.26. The number of amidine groups is 1. The number of imide groups is 1. The van der Waals surface area contributed by atoms with E-state index in [0.717, 1.165) is 10.5 Å². The molecule has 2 heterocycles. The molecule has 0 bridgehead atoms. The zero-order valence-corrected chi connectivity index (χ0v) is 14.6. The highest BCUT2D eigenvalue weighted by Crippen LogP contribution is 2.17. The summed E-state index contributed by atoms with van der Waals surface area (Å²) >= 11 is 0. The molecule has 0 saturated carbocycles. The van der Waals surface area contributed by atoms with Crippen LogP contribution in [0.2, 0.25) is 0 Å². The van der Waals surface area contributed by atoms with Crippen molar-refractivity contribution < 1.29 is 23.3 Å². The molecule has 0 aliphatic carbocycles. The third kappa shape index (κ3) is 3.07. The smallest absolute Gasteiger partial charge is 0.333 e. The highest BCUT2D eigenvalue weighted by atomic mass is 19.1. The number of carbonyl (C=O) groups is 3. The lowest BCUT2D eigenvalue weighted by Crippen LogP contribution is -2.62. The third-order valence-electron chi connectivity index (χ3n) is 4.47. The third-order valence-corrected chi connectivity index (χ3v) is 4.47. The summed E-state index contributed by atoms with van der Waals surface area (Å²) in [5, 5.41) is 2.80. The van der Waals surface area contributed by atoms with Gasteiger partial charge in [-0.25, -0.2) is 13.8 Å². The Kier molecular flexibility index (Phi) is 4.54. The lowest BCUT2D eigenvalue weighted by molar-refractivity contribution is -0.519. The summed E-state index contributed by atoms with van der Waals surface area (Å²) < 4.78 is 14.5. The van der Waals surface area contributed by atoms with Crippen LogP contribution in [-0.4, -0.2) is 71.1 Å². The molecule has 1 aromatic rings. The number of nitrogens with zero attached hydrogens (tertiary/aromatic N) is 4. The van der Waals surface area contributed by atoms with Crippen LogP contribution in [0.1, 0.15) is 18.5 Å². The Morgan fingerprint density at radius 1 is 1.27 bits per heavy atom. The number of benzene rings is 1. The molecule has 0 aromatic heterocycles. The van der Waals surface area contributed by atoms with Crippen molar-refractivity contribution >= 4 is 30.0 Å². The van der Waals surface area contributed by atoms with E-state index in [1.165, 1.54) is 42.0 Å². The topological polar surface area (TPSA) is 85.1 Å². The van der Waals surface area contributed by atoms with Crippen LogP contribution in [0.3, 0.4) is 0 Å². The number of carbonyl (C=O) groups excluding carboxylic acids is 3. The first-order chi connectivity index (χ1) is 12.3.